The lowest BCUT2D eigenvalue weighted by molar-refractivity contribution is 0.262. The Hall–Kier alpha value is -4.21. The van der Waals surface area contributed by atoms with Gasteiger partial charge in [0.05, 0.1) is 17.9 Å². The molecule has 0 unspecified atom stereocenters. The molecule has 0 radical (unpaired) electrons. The second-order valence-corrected chi connectivity index (χ2v) is 7.47. The average molecular weight is 450 g/mol. The number of aromatic amines is 1. The van der Waals surface area contributed by atoms with Gasteiger partial charge < -0.3 is 20.4 Å². The number of rotatable bonds is 6. The maximum absolute atomic E-state index is 13.1. The minimum atomic E-state index is -0.506. The van der Waals surface area contributed by atoms with E-state index >= 15 is 0 Å². The van der Waals surface area contributed by atoms with Crippen molar-refractivity contribution in [2.75, 3.05) is 17.2 Å². The first-order valence-corrected chi connectivity index (χ1v) is 10.4. The van der Waals surface area contributed by atoms with E-state index in [9.17, 15) is 14.0 Å². The molecule has 2 aromatic heterocycles. The molecule has 0 saturated carbocycles. The Kier molecular flexibility index (Phi) is 6.07. The number of hydrogen-bond donors (Lipinski definition) is 3. The van der Waals surface area contributed by atoms with Gasteiger partial charge in [0.15, 0.2) is 5.65 Å². The lowest BCUT2D eigenvalue weighted by Gasteiger charge is -2.14. The number of H-pyrrole nitrogens is 1. The Morgan fingerprint density at radius 3 is 2.58 bits per heavy atom. The van der Waals surface area contributed by atoms with Crippen LogP contribution in [0.25, 0.3) is 22.4 Å². The maximum Gasteiger partial charge on any atom is 0.323 e. The first-order valence-electron chi connectivity index (χ1n) is 10.4. The molecule has 2 heterocycles. The van der Waals surface area contributed by atoms with Crippen LogP contribution in [-0.4, -0.2) is 32.4 Å². The Morgan fingerprint density at radius 2 is 1.85 bits per heavy atom. The normalized spacial score (nSPS) is 10.9. The summed E-state index contributed by atoms with van der Waals surface area (Å²) in [4.78, 5) is 32.5. The monoisotopic (exact) mass is 450 g/mol. The zero-order chi connectivity index (χ0) is 23.5. The molecule has 33 heavy (non-hydrogen) atoms. The summed E-state index contributed by atoms with van der Waals surface area (Å²) in [6.07, 6.45) is 0.795. The lowest BCUT2D eigenvalue weighted by Crippen LogP contribution is -2.19. The Morgan fingerprint density at radius 1 is 1.15 bits per heavy atom. The third kappa shape index (κ3) is 4.69. The van der Waals surface area contributed by atoms with Crippen LogP contribution in [0.1, 0.15) is 19.0 Å². The van der Waals surface area contributed by atoms with Gasteiger partial charge in [0.2, 0.25) is 0 Å². The Bertz CT molecular complexity index is 1380. The molecule has 2 amide bonds. The third-order valence-corrected chi connectivity index (χ3v) is 4.92. The van der Waals surface area contributed by atoms with E-state index in [4.69, 9.17) is 4.74 Å². The number of carbonyl (C=O) groups is 1. The molecule has 4 aromatic rings. The van der Waals surface area contributed by atoms with Gasteiger partial charge in [-0.25, -0.2) is 18.9 Å². The molecule has 9 nitrogen and oxygen atoms in total. The predicted molar refractivity (Wildman–Crippen MR) is 124 cm³/mol. The fourth-order valence-electron chi connectivity index (χ4n) is 3.43. The number of amides is 2. The van der Waals surface area contributed by atoms with Crippen molar-refractivity contribution in [1.29, 1.82) is 0 Å². The highest BCUT2D eigenvalue weighted by Crippen LogP contribution is 2.31. The first kappa shape index (κ1) is 22.0. The number of aryl methyl sites for hydroxylation is 2. The van der Waals surface area contributed by atoms with Crippen LogP contribution in [0.3, 0.4) is 0 Å². The van der Waals surface area contributed by atoms with Crippen molar-refractivity contribution in [1.82, 2.24) is 19.7 Å². The van der Waals surface area contributed by atoms with Crippen LogP contribution in [0, 0.1) is 12.7 Å². The number of halogens is 1. The van der Waals surface area contributed by atoms with Gasteiger partial charge in [-0.05, 0) is 55.8 Å². The first-order chi connectivity index (χ1) is 15.9. The summed E-state index contributed by atoms with van der Waals surface area (Å²) in [5.41, 5.74) is 2.14. The number of fused-ring (bicyclic) bond motifs is 1. The van der Waals surface area contributed by atoms with Gasteiger partial charge in [-0.15, -0.1) is 0 Å². The van der Waals surface area contributed by atoms with Gasteiger partial charge in [-0.3, -0.25) is 4.79 Å². The van der Waals surface area contributed by atoms with Crippen molar-refractivity contribution < 1.29 is 13.9 Å². The van der Waals surface area contributed by atoms with Crippen molar-refractivity contribution >= 4 is 28.4 Å². The summed E-state index contributed by atoms with van der Waals surface area (Å²) >= 11 is 0. The molecule has 10 heteroatoms. The molecule has 0 atom stereocenters. The third-order valence-electron chi connectivity index (χ3n) is 4.92. The van der Waals surface area contributed by atoms with E-state index < -0.39 is 11.8 Å². The maximum atomic E-state index is 13.1. The Labute approximate surface area is 188 Å². The quantitative estimate of drug-likeness (QED) is 0.407. The highest BCUT2D eigenvalue weighted by atomic mass is 19.1. The number of carbonyl (C=O) groups excluding carboxylic acids is 1. The summed E-state index contributed by atoms with van der Waals surface area (Å²) in [5.74, 6) is 0.419. The van der Waals surface area contributed by atoms with Gasteiger partial charge >= 0.3 is 6.03 Å². The second-order valence-electron chi connectivity index (χ2n) is 7.47. The second kappa shape index (κ2) is 9.11. The number of hydrogen-bond acceptors (Lipinski definition) is 5. The molecule has 2 aromatic carbocycles. The molecule has 3 N–H and O–H groups in total. The van der Waals surface area contributed by atoms with Crippen LogP contribution in [0.5, 0.6) is 5.75 Å². The summed E-state index contributed by atoms with van der Waals surface area (Å²) in [6, 6.07) is 9.99. The average Bonchev–Trinajstić information content (AvgIpc) is 3.08. The van der Waals surface area contributed by atoms with E-state index in [-0.39, 0.29) is 5.56 Å². The number of nitrogens with zero attached hydrogens (tertiary/aromatic N) is 3. The van der Waals surface area contributed by atoms with Crippen LogP contribution in [-0.2, 0) is 7.05 Å². The Balaban J connectivity index is 1.69. The van der Waals surface area contributed by atoms with E-state index in [0.717, 1.165) is 6.42 Å². The molecule has 0 bridgehead atoms. The van der Waals surface area contributed by atoms with E-state index in [0.29, 0.717) is 51.8 Å². The molecular formula is C23H23FN6O3. The fourth-order valence-corrected chi connectivity index (χ4v) is 3.43. The largest absolute Gasteiger partial charge is 0.493 e. The van der Waals surface area contributed by atoms with Crippen molar-refractivity contribution in [3.63, 3.8) is 0 Å². The van der Waals surface area contributed by atoms with Crippen molar-refractivity contribution in [2.45, 2.75) is 20.3 Å². The predicted octanol–water partition coefficient (Wildman–Crippen LogP) is 4.20. The fraction of sp³-hybridized carbons (Fsp3) is 0.217. The van der Waals surface area contributed by atoms with Crippen molar-refractivity contribution in [2.24, 2.45) is 7.05 Å². The molecule has 170 valence electrons. The molecular weight excluding hydrogens is 427 g/mol. The molecule has 0 spiro atoms. The molecule has 0 saturated heterocycles. The number of ether oxygens (including phenoxy) is 1. The molecule has 0 aliphatic rings. The van der Waals surface area contributed by atoms with Crippen molar-refractivity contribution in [3.8, 4) is 17.1 Å². The number of nitrogens with one attached hydrogen (secondary N) is 3. The molecule has 0 aliphatic carbocycles. The van der Waals surface area contributed by atoms with Gasteiger partial charge in [-0.2, -0.15) is 5.10 Å². The zero-order valence-corrected chi connectivity index (χ0v) is 18.4. The zero-order valence-electron chi connectivity index (χ0n) is 18.4. The lowest BCUT2D eigenvalue weighted by atomic mass is 10.1. The SMILES string of the molecule is CCCOc1ccc(NC(=O)Nc2ccc(F)cc2)cc1-c1nc2c(c(C)nn2C)c(=O)[nH]1. The van der Waals surface area contributed by atoms with Gasteiger partial charge in [-0.1, -0.05) is 6.92 Å². The van der Waals surface area contributed by atoms with E-state index in [1.54, 1.807) is 36.9 Å². The highest BCUT2D eigenvalue weighted by molar-refractivity contribution is 6.00. The van der Waals surface area contributed by atoms with Crippen molar-refractivity contribution in [3.05, 3.63) is 64.3 Å². The van der Waals surface area contributed by atoms with Crippen LogP contribution in [0.2, 0.25) is 0 Å². The van der Waals surface area contributed by atoms with Crippen LogP contribution in [0.15, 0.2) is 47.3 Å². The van der Waals surface area contributed by atoms with E-state index in [2.05, 4.69) is 25.7 Å². The standard InChI is InChI=1S/C23H23FN6O3/c1-4-11-33-18-10-9-16(26-23(32)25-15-7-5-14(24)6-8-15)12-17(18)20-27-21-19(22(31)28-20)13(2)29-30(21)3/h5-10,12H,4,11H2,1-3H3,(H2,25,26,32)(H,27,28,31). The van der Waals surface area contributed by atoms with Gasteiger partial charge in [0.1, 0.15) is 22.8 Å². The number of benzene rings is 2. The smallest absolute Gasteiger partial charge is 0.323 e. The summed E-state index contributed by atoms with van der Waals surface area (Å²) in [6.45, 7) is 4.21. The van der Waals surface area contributed by atoms with Crippen LogP contribution in [0.4, 0.5) is 20.6 Å². The summed E-state index contributed by atoms with van der Waals surface area (Å²) in [5, 5.41) is 10.1. The van der Waals surface area contributed by atoms with Gasteiger partial charge in [0, 0.05) is 18.4 Å². The minimum Gasteiger partial charge on any atom is -0.493 e. The number of urea groups is 1. The van der Waals surface area contributed by atoms with E-state index in [1.807, 2.05) is 6.92 Å². The summed E-state index contributed by atoms with van der Waals surface area (Å²) in [7, 11) is 1.72. The number of aromatic nitrogens is 4. The van der Waals surface area contributed by atoms with Gasteiger partial charge in [0.25, 0.3) is 5.56 Å². The molecule has 0 fully saturated rings. The van der Waals surface area contributed by atoms with Crippen LogP contribution < -0.4 is 20.9 Å². The van der Waals surface area contributed by atoms with Crippen LogP contribution >= 0.6 is 0 Å². The highest BCUT2D eigenvalue weighted by Gasteiger charge is 2.17. The number of anilines is 2. The van der Waals surface area contributed by atoms with E-state index in [1.165, 1.54) is 24.3 Å². The minimum absolute atomic E-state index is 0.296. The topological polar surface area (TPSA) is 114 Å². The molecule has 4 rings (SSSR count). The molecule has 0 aliphatic heterocycles. The summed E-state index contributed by atoms with van der Waals surface area (Å²) < 4.78 is 20.5.